The minimum Gasteiger partial charge on any atom is -0.322 e. The zero-order chi connectivity index (χ0) is 18.9. The van der Waals surface area contributed by atoms with Gasteiger partial charge in [0.25, 0.3) is 0 Å². The first-order chi connectivity index (χ1) is 12.3. The SMILES string of the molecule is Cc1cccc(CS[C@H](C)C(=O)N2c3ccccc3NC(=O)C2(C)C)c1. The molecule has 136 valence electrons. The number of hydrogen-bond donors (Lipinski definition) is 1. The molecule has 2 amide bonds. The second-order valence-electron chi connectivity index (χ2n) is 7.15. The van der Waals surface area contributed by atoms with Gasteiger partial charge in [-0.2, -0.15) is 0 Å². The Hall–Kier alpha value is -2.27. The summed E-state index contributed by atoms with van der Waals surface area (Å²) in [5, 5.41) is 2.64. The van der Waals surface area contributed by atoms with Gasteiger partial charge < -0.3 is 5.32 Å². The van der Waals surface area contributed by atoms with Crippen molar-refractivity contribution in [1.29, 1.82) is 0 Å². The lowest BCUT2D eigenvalue weighted by atomic mass is 9.96. The van der Waals surface area contributed by atoms with Crippen LogP contribution in [0.15, 0.2) is 48.5 Å². The third kappa shape index (κ3) is 3.49. The first-order valence-corrected chi connectivity index (χ1v) is 9.77. The molecule has 0 radical (unpaired) electrons. The van der Waals surface area contributed by atoms with E-state index in [4.69, 9.17) is 0 Å². The van der Waals surface area contributed by atoms with Gasteiger partial charge in [0.2, 0.25) is 11.8 Å². The van der Waals surface area contributed by atoms with Crippen molar-refractivity contribution in [3.05, 3.63) is 59.7 Å². The van der Waals surface area contributed by atoms with E-state index in [1.807, 2.05) is 37.3 Å². The summed E-state index contributed by atoms with van der Waals surface area (Å²) in [6.07, 6.45) is 0. The quantitative estimate of drug-likeness (QED) is 0.871. The maximum atomic E-state index is 13.2. The Morgan fingerprint density at radius 1 is 1.19 bits per heavy atom. The molecule has 0 saturated carbocycles. The predicted molar refractivity (Wildman–Crippen MR) is 109 cm³/mol. The van der Waals surface area contributed by atoms with Gasteiger partial charge in [-0.25, -0.2) is 0 Å². The molecule has 0 fully saturated rings. The fourth-order valence-corrected chi connectivity index (χ4v) is 3.99. The van der Waals surface area contributed by atoms with Crippen molar-refractivity contribution < 1.29 is 9.59 Å². The molecular weight excluding hydrogens is 344 g/mol. The van der Waals surface area contributed by atoms with Crippen molar-refractivity contribution in [2.75, 3.05) is 10.2 Å². The van der Waals surface area contributed by atoms with Crippen LogP contribution in [0, 0.1) is 6.92 Å². The van der Waals surface area contributed by atoms with Crippen molar-refractivity contribution in [3.63, 3.8) is 0 Å². The normalized spacial score (nSPS) is 16.6. The van der Waals surface area contributed by atoms with Crippen LogP contribution in [-0.4, -0.2) is 22.6 Å². The number of anilines is 2. The number of nitrogens with zero attached hydrogens (tertiary/aromatic N) is 1. The Kier molecular flexibility index (Phi) is 5.10. The van der Waals surface area contributed by atoms with E-state index in [-0.39, 0.29) is 17.1 Å². The summed E-state index contributed by atoms with van der Waals surface area (Å²) < 4.78 is 0. The van der Waals surface area contributed by atoms with Gasteiger partial charge >= 0.3 is 0 Å². The number of para-hydroxylation sites is 2. The minimum atomic E-state index is -0.927. The lowest BCUT2D eigenvalue weighted by molar-refractivity contribution is -0.126. The molecule has 26 heavy (non-hydrogen) atoms. The van der Waals surface area contributed by atoms with Crippen LogP contribution in [0.3, 0.4) is 0 Å². The third-order valence-electron chi connectivity index (χ3n) is 4.66. The van der Waals surface area contributed by atoms with Crippen LogP contribution in [0.5, 0.6) is 0 Å². The molecule has 1 atom stereocenters. The third-order valence-corrected chi connectivity index (χ3v) is 5.86. The number of rotatable bonds is 4. The average molecular weight is 369 g/mol. The zero-order valence-electron chi connectivity index (χ0n) is 15.6. The maximum Gasteiger partial charge on any atom is 0.250 e. The molecule has 2 aromatic carbocycles. The van der Waals surface area contributed by atoms with E-state index >= 15 is 0 Å². The van der Waals surface area contributed by atoms with E-state index < -0.39 is 5.54 Å². The van der Waals surface area contributed by atoms with Crippen LogP contribution < -0.4 is 10.2 Å². The smallest absolute Gasteiger partial charge is 0.250 e. The molecule has 0 spiro atoms. The van der Waals surface area contributed by atoms with Crippen LogP contribution in [-0.2, 0) is 15.3 Å². The summed E-state index contributed by atoms with van der Waals surface area (Å²) in [5.41, 5.74) is 2.92. The number of nitrogens with one attached hydrogen (secondary N) is 1. The highest BCUT2D eigenvalue weighted by molar-refractivity contribution is 7.99. The first kappa shape index (κ1) is 18.5. The number of fused-ring (bicyclic) bond motifs is 1. The van der Waals surface area contributed by atoms with E-state index in [2.05, 4.69) is 30.4 Å². The number of aryl methyl sites for hydroxylation is 1. The molecule has 2 aromatic rings. The van der Waals surface area contributed by atoms with E-state index in [1.54, 1.807) is 30.5 Å². The zero-order valence-corrected chi connectivity index (χ0v) is 16.4. The molecule has 3 rings (SSSR count). The van der Waals surface area contributed by atoms with Crippen molar-refractivity contribution in [1.82, 2.24) is 0 Å². The number of hydrogen-bond acceptors (Lipinski definition) is 3. The molecule has 5 heteroatoms. The molecule has 0 unspecified atom stereocenters. The molecule has 1 aliphatic heterocycles. The Bertz CT molecular complexity index is 847. The number of benzene rings is 2. The summed E-state index contributed by atoms with van der Waals surface area (Å²) in [6, 6.07) is 15.8. The van der Waals surface area contributed by atoms with Gasteiger partial charge in [-0.3, -0.25) is 14.5 Å². The van der Waals surface area contributed by atoms with Gasteiger partial charge in [-0.15, -0.1) is 11.8 Å². The lowest BCUT2D eigenvalue weighted by Crippen LogP contribution is -2.60. The van der Waals surface area contributed by atoms with Gasteiger partial charge in [-0.05, 0) is 45.4 Å². The predicted octanol–water partition coefficient (Wildman–Crippen LogP) is 4.38. The second-order valence-corrected chi connectivity index (χ2v) is 8.48. The summed E-state index contributed by atoms with van der Waals surface area (Å²) >= 11 is 1.59. The van der Waals surface area contributed by atoms with E-state index in [0.717, 1.165) is 11.4 Å². The largest absolute Gasteiger partial charge is 0.322 e. The molecule has 0 bridgehead atoms. The van der Waals surface area contributed by atoms with E-state index in [0.29, 0.717) is 5.69 Å². The second kappa shape index (κ2) is 7.16. The summed E-state index contributed by atoms with van der Waals surface area (Å²) in [4.78, 5) is 27.4. The molecule has 1 heterocycles. The highest BCUT2D eigenvalue weighted by atomic mass is 32.2. The summed E-state index contributed by atoms with van der Waals surface area (Å²) in [6.45, 7) is 7.55. The fraction of sp³-hybridized carbons (Fsp3) is 0.333. The van der Waals surface area contributed by atoms with Gasteiger partial charge in [0.1, 0.15) is 5.54 Å². The molecule has 1 N–H and O–H groups in total. The molecule has 4 nitrogen and oxygen atoms in total. The Morgan fingerprint density at radius 2 is 1.92 bits per heavy atom. The Labute approximate surface area is 159 Å². The Balaban J connectivity index is 1.82. The molecule has 0 aromatic heterocycles. The number of carbonyl (C=O) groups excluding carboxylic acids is 2. The van der Waals surface area contributed by atoms with Crippen molar-refractivity contribution in [3.8, 4) is 0 Å². The number of carbonyl (C=O) groups is 2. The highest BCUT2D eigenvalue weighted by Gasteiger charge is 2.44. The van der Waals surface area contributed by atoms with Crippen LogP contribution in [0.4, 0.5) is 11.4 Å². The maximum absolute atomic E-state index is 13.2. The van der Waals surface area contributed by atoms with Crippen molar-refractivity contribution in [2.45, 2.75) is 44.2 Å². The van der Waals surface area contributed by atoms with Crippen LogP contribution in [0.25, 0.3) is 0 Å². The van der Waals surface area contributed by atoms with Crippen molar-refractivity contribution >= 4 is 35.0 Å². The van der Waals surface area contributed by atoms with Gasteiger partial charge in [-0.1, -0.05) is 42.0 Å². The molecule has 0 aliphatic carbocycles. The lowest BCUT2D eigenvalue weighted by Gasteiger charge is -2.43. The van der Waals surface area contributed by atoms with E-state index in [1.165, 1.54) is 11.1 Å². The van der Waals surface area contributed by atoms with Crippen LogP contribution in [0.1, 0.15) is 31.9 Å². The van der Waals surface area contributed by atoms with Gasteiger partial charge in [0, 0.05) is 5.75 Å². The van der Waals surface area contributed by atoms with Gasteiger partial charge in [0.15, 0.2) is 0 Å². The standard InChI is InChI=1S/C21H24N2O2S/c1-14-8-7-9-16(12-14)13-26-15(2)19(24)23-18-11-6-5-10-17(18)22-20(25)21(23,3)4/h5-12,15H,13H2,1-4H3,(H,22,25)/t15-/m1/s1. The summed E-state index contributed by atoms with van der Waals surface area (Å²) in [7, 11) is 0. The molecule has 0 saturated heterocycles. The molecule has 1 aliphatic rings. The summed E-state index contributed by atoms with van der Waals surface area (Å²) in [5.74, 6) is 0.548. The Morgan fingerprint density at radius 3 is 2.65 bits per heavy atom. The monoisotopic (exact) mass is 368 g/mol. The highest BCUT2D eigenvalue weighted by Crippen LogP contribution is 2.38. The minimum absolute atomic E-state index is 0.0463. The average Bonchev–Trinajstić information content (AvgIpc) is 2.60. The van der Waals surface area contributed by atoms with Crippen LogP contribution >= 0.6 is 11.8 Å². The van der Waals surface area contributed by atoms with Gasteiger partial charge in [0.05, 0.1) is 16.6 Å². The number of thioether (sulfide) groups is 1. The number of amides is 2. The topological polar surface area (TPSA) is 49.4 Å². The fourth-order valence-electron chi connectivity index (χ4n) is 3.12. The van der Waals surface area contributed by atoms with Crippen molar-refractivity contribution in [2.24, 2.45) is 0 Å². The first-order valence-electron chi connectivity index (χ1n) is 8.72. The molecular formula is C21H24N2O2S. The van der Waals surface area contributed by atoms with E-state index in [9.17, 15) is 9.59 Å². The van der Waals surface area contributed by atoms with Crippen LogP contribution in [0.2, 0.25) is 0 Å².